The van der Waals surface area contributed by atoms with Crippen LogP contribution in [0.4, 0.5) is 8.78 Å². The third-order valence-electron chi connectivity index (χ3n) is 21.6. The predicted molar refractivity (Wildman–Crippen MR) is 306 cm³/mol. The van der Waals surface area contributed by atoms with Gasteiger partial charge in [0.15, 0.2) is 31.2 Å². The summed E-state index contributed by atoms with van der Waals surface area (Å²) in [6.07, 6.45) is 10.8. The molecule has 0 aromatic heterocycles. The van der Waals surface area contributed by atoms with Gasteiger partial charge < -0.3 is 59.9 Å². The van der Waals surface area contributed by atoms with Crippen LogP contribution < -0.4 is 11.3 Å². The standard InChI is InChI=1S/C28H45FN2O4Si.C27H39FN2O7.C5H10O4/c1-17-13-21-20-10-9-18-14-19(31-30)11-12-25(18,5)27(20,29)22(32)15-26(21,6)28(17,34)23(33)16-35-36(7,8)24(2,3)4;1-16-11-20-19-6-5-17-12-18(29-30-23(34)15-37-10-9-36-4)7-8-24(17,2)26(19,28)21(32)13-25(20,3)27(16,35)22(33)14-31;1-8-2-3-9-4-5(6)7/h11-12,14,17,20-22,32,34H,9-10,13,15-16,30H2,1-8H3;7-8,12,16,19-21,31-32,35H,5-6,9-11,13-15H2,1-4H3,(H,30,34);2-4H2,1H3,(H,6,7)/b31-19+;29-18+;/t17-,20+,21+,22+,25+,26+,27+,28+;16-,19+,20+,21+,24+,25+,26+,27+;/m11./s1. The average Bonchev–Trinajstić information content (AvgIpc) is 2.52. The lowest BCUT2D eigenvalue weighted by atomic mass is 9.44. The lowest BCUT2D eigenvalue weighted by molar-refractivity contribution is -0.219. The number of carboxylic acid groups (broad SMARTS) is 1. The maximum atomic E-state index is 17.4. The molecule has 0 aromatic rings. The summed E-state index contributed by atoms with van der Waals surface area (Å²) in [4.78, 5) is 48.2. The highest BCUT2D eigenvalue weighted by Crippen LogP contribution is 2.72. The first-order chi connectivity index (χ1) is 38.1. The van der Waals surface area contributed by atoms with Crippen LogP contribution in [0.25, 0.3) is 0 Å². The molecule has 1 amide bonds. The third kappa shape index (κ3) is 11.1. The van der Waals surface area contributed by atoms with Crippen LogP contribution in [0.2, 0.25) is 18.1 Å². The molecular weight excluding hydrogens is 1080 g/mol. The van der Waals surface area contributed by atoms with Crippen molar-refractivity contribution in [2.24, 2.45) is 73.2 Å². The van der Waals surface area contributed by atoms with Crippen molar-refractivity contribution in [2.75, 3.05) is 67.1 Å². The van der Waals surface area contributed by atoms with Crippen LogP contribution in [0, 0.1) is 57.2 Å². The maximum absolute atomic E-state index is 17.4. The Kier molecular flexibility index (Phi) is 20.3. The van der Waals surface area contributed by atoms with Crippen LogP contribution in [0.1, 0.15) is 114 Å². The molecule has 0 heterocycles. The molecule has 82 heavy (non-hydrogen) atoms. The number of hydrogen-bond donors (Lipinski definition) is 8. The number of hydrogen-bond acceptors (Lipinski definition) is 17. The van der Waals surface area contributed by atoms with Crippen molar-refractivity contribution in [1.82, 2.24) is 5.43 Å². The fourth-order valence-corrected chi connectivity index (χ4v) is 16.8. The number of halogens is 2. The highest BCUT2D eigenvalue weighted by Gasteiger charge is 2.77. The summed E-state index contributed by atoms with van der Waals surface area (Å²) in [6, 6.07) is 0. The van der Waals surface area contributed by atoms with Crippen molar-refractivity contribution < 1.29 is 82.0 Å². The van der Waals surface area contributed by atoms with Gasteiger partial charge in [0.2, 0.25) is 0 Å². The van der Waals surface area contributed by atoms with E-state index in [0.717, 1.165) is 11.1 Å². The quantitative estimate of drug-likeness (QED) is 0.0366. The lowest BCUT2D eigenvalue weighted by Gasteiger charge is -2.62. The Morgan fingerprint density at radius 3 is 1.59 bits per heavy atom. The molecule has 0 bridgehead atoms. The van der Waals surface area contributed by atoms with Crippen LogP contribution in [0.15, 0.2) is 57.8 Å². The molecular formula is C60H94F2N4O15Si. The van der Waals surface area contributed by atoms with Gasteiger partial charge >= 0.3 is 5.97 Å². The Balaban J connectivity index is 0.000000229. The molecule has 8 aliphatic rings. The van der Waals surface area contributed by atoms with E-state index in [2.05, 4.69) is 59.0 Å². The van der Waals surface area contributed by atoms with Gasteiger partial charge in [0.25, 0.3) is 5.91 Å². The molecule has 0 aliphatic heterocycles. The van der Waals surface area contributed by atoms with Crippen LogP contribution in [0.3, 0.4) is 0 Å². The van der Waals surface area contributed by atoms with E-state index < -0.39 is 107 Å². The van der Waals surface area contributed by atoms with Gasteiger partial charge in [0.1, 0.15) is 31.0 Å². The summed E-state index contributed by atoms with van der Waals surface area (Å²) in [5, 5.41) is 72.1. The summed E-state index contributed by atoms with van der Waals surface area (Å²) < 4.78 is 60.2. The number of aliphatic hydroxyl groups excluding tert-OH is 3. The van der Waals surface area contributed by atoms with E-state index in [4.69, 9.17) is 24.8 Å². The van der Waals surface area contributed by atoms with Crippen LogP contribution in [0.5, 0.6) is 0 Å². The molecule has 9 N–H and O–H groups in total. The van der Waals surface area contributed by atoms with Gasteiger partial charge in [-0.2, -0.15) is 10.2 Å². The second kappa shape index (κ2) is 24.8. The second-order valence-electron chi connectivity index (χ2n) is 26.7. The van der Waals surface area contributed by atoms with Crippen LogP contribution >= 0.6 is 0 Å². The second-order valence-corrected chi connectivity index (χ2v) is 31.5. The van der Waals surface area contributed by atoms with Gasteiger partial charge in [0.05, 0.1) is 56.7 Å². The Labute approximate surface area is 483 Å². The minimum absolute atomic E-state index is 0.0197. The van der Waals surface area contributed by atoms with E-state index in [1.807, 2.05) is 26.8 Å². The van der Waals surface area contributed by atoms with Gasteiger partial charge in [-0.15, -0.1) is 0 Å². The van der Waals surface area contributed by atoms with Gasteiger partial charge in [0, 0.05) is 47.7 Å². The number of fused-ring (bicyclic) bond motifs is 10. The molecule has 0 saturated heterocycles. The maximum Gasteiger partial charge on any atom is 0.329 e. The minimum atomic E-state index is -2.21. The third-order valence-corrected chi connectivity index (χ3v) is 26.1. The van der Waals surface area contributed by atoms with Gasteiger partial charge in [-0.3, -0.25) is 14.4 Å². The van der Waals surface area contributed by atoms with E-state index in [1.165, 1.54) is 7.11 Å². The largest absolute Gasteiger partial charge is 0.480 e. The zero-order valence-electron chi connectivity index (χ0n) is 50.5. The minimum Gasteiger partial charge on any atom is -0.480 e. The Morgan fingerprint density at radius 2 is 1.16 bits per heavy atom. The van der Waals surface area contributed by atoms with Crippen molar-refractivity contribution in [1.29, 1.82) is 0 Å². The number of carbonyl (C=O) groups excluding carboxylic acids is 3. The summed E-state index contributed by atoms with van der Waals surface area (Å²) in [6.45, 7) is 21.5. The predicted octanol–water partition coefficient (Wildman–Crippen LogP) is 5.87. The number of hydrazone groups is 2. The molecule has 6 fully saturated rings. The molecule has 22 heteroatoms. The van der Waals surface area contributed by atoms with Crippen molar-refractivity contribution in [3.63, 3.8) is 0 Å². The number of alkyl halides is 2. The first kappa shape index (κ1) is 67.2. The summed E-state index contributed by atoms with van der Waals surface area (Å²) in [5.41, 5.74) is -6.38. The fourth-order valence-electron chi connectivity index (χ4n) is 15.9. The normalized spacial score (nSPS) is 40.7. The van der Waals surface area contributed by atoms with Gasteiger partial charge in [-0.1, -0.05) is 71.8 Å². The molecule has 0 aromatic carbocycles. The number of carboxylic acids is 1. The molecule has 8 rings (SSSR count). The zero-order valence-corrected chi connectivity index (χ0v) is 51.5. The number of aliphatic hydroxyl groups is 5. The number of aliphatic carboxylic acids is 1. The Bertz CT molecular complexity index is 2590. The smallest absolute Gasteiger partial charge is 0.329 e. The van der Waals surface area contributed by atoms with Crippen LogP contribution in [-0.2, 0) is 42.6 Å². The zero-order chi connectivity index (χ0) is 61.5. The van der Waals surface area contributed by atoms with Crippen molar-refractivity contribution in [2.45, 2.75) is 167 Å². The fraction of sp³-hybridized carbons (Fsp3) is 0.767. The molecule has 0 unspecified atom stereocenters. The number of ether oxygens (including phenoxy) is 4. The van der Waals surface area contributed by atoms with E-state index >= 15 is 8.78 Å². The molecule has 0 spiro atoms. The molecule has 8 aliphatic carbocycles. The van der Waals surface area contributed by atoms with Crippen molar-refractivity contribution in [3.05, 3.63) is 47.6 Å². The molecule has 462 valence electrons. The number of allylic oxidation sites excluding steroid dienone is 8. The number of Topliss-reactive ketones (excluding diaryl/α,β-unsaturated/α-hetero) is 2. The highest BCUT2D eigenvalue weighted by molar-refractivity contribution is 6.74. The highest BCUT2D eigenvalue weighted by atomic mass is 28.4. The number of amides is 1. The first-order valence-electron chi connectivity index (χ1n) is 28.9. The topological polar surface area (TPSA) is 299 Å². The first-order valence-corrected chi connectivity index (χ1v) is 31.8. The number of carbonyl (C=O) groups is 4. The molecule has 0 radical (unpaired) electrons. The SMILES string of the molecule is COCCOCC(=O)N/N=C1\C=C[C@@]2(C)C(=C1)CC[C@H]1[C@@H]3C[C@@H](C)[C@](O)(C(=O)CO)[C@@]3(C)C[C@H](O)[C@@]12F.COCCOCC(=O)O.C[C@@H]1C[C@H]2[C@@H]3CCC4=C/C(=N/N)C=C[C@]4(C)[C@@]3(F)[C@@H](O)C[C@]2(C)[C@@]1(O)C(=O)CO[Si](C)(C)C(C)(C)C. The van der Waals surface area contributed by atoms with E-state index in [0.29, 0.717) is 69.8 Å². The Morgan fingerprint density at radius 1 is 0.720 bits per heavy atom. The summed E-state index contributed by atoms with van der Waals surface area (Å²) >= 11 is 0. The molecule has 19 nitrogen and oxygen atoms in total. The average molecular weight is 1180 g/mol. The van der Waals surface area contributed by atoms with E-state index in [-0.39, 0.29) is 67.8 Å². The Hall–Kier alpha value is -3.94. The lowest BCUT2D eigenvalue weighted by Crippen LogP contribution is -2.69. The van der Waals surface area contributed by atoms with Crippen molar-refractivity contribution in [3.8, 4) is 0 Å². The number of ketones is 2. The molecule has 16 atom stereocenters. The summed E-state index contributed by atoms with van der Waals surface area (Å²) in [7, 11) is 0.865. The van der Waals surface area contributed by atoms with E-state index in [1.54, 1.807) is 58.3 Å². The van der Waals surface area contributed by atoms with Crippen molar-refractivity contribution >= 4 is 43.2 Å². The van der Waals surface area contributed by atoms with E-state index in [9.17, 15) is 44.7 Å². The summed E-state index contributed by atoms with van der Waals surface area (Å²) in [5.74, 6) is 0.620. The van der Waals surface area contributed by atoms with Gasteiger partial charge in [-0.05, 0) is 131 Å². The number of nitrogens with one attached hydrogen (secondary N) is 1. The molecule has 6 saturated carbocycles. The van der Waals surface area contributed by atoms with Gasteiger partial charge in [-0.25, -0.2) is 19.0 Å². The number of rotatable bonds is 17. The number of nitrogens with zero attached hydrogens (tertiary/aromatic N) is 2. The number of nitrogens with two attached hydrogens (primary N) is 1. The van der Waals surface area contributed by atoms with Crippen LogP contribution in [-0.4, -0.2) is 176 Å². The monoisotopic (exact) mass is 1180 g/mol. The number of methoxy groups -OCH3 is 2.